The Morgan fingerprint density at radius 1 is 1.48 bits per heavy atom. The highest BCUT2D eigenvalue weighted by molar-refractivity contribution is 6.11. The van der Waals surface area contributed by atoms with Gasteiger partial charge in [-0.05, 0) is 12.2 Å². The first-order chi connectivity index (χ1) is 10.9. The quantitative estimate of drug-likeness (QED) is 0.780. The summed E-state index contributed by atoms with van der Waals surface area (Å²) in [6.07, 6.45) is 3.43. The first-order valence-corrected chi connectivity index (χ1v) is 7.03. The van der Waals surface area contributed by atoms with E-state index in [4.69, 9.17) is 14.6 Å². The Balaban J connectivity index is 2.63. The number of aliphatic hydroxyl groups is 2. The monoisotopic (exact) mass is 321 g/mol. The van der Waals surface area contributed by atoms with Crippen molar-refractivity contribution in [2.24, 2.45) is 7.05 Å². The summed E-state index contributed by atoms with van der Waals surface area (Å²) in [5, 5.41) is 19.3. The van der Waals surface area contributed by atoms with Crippen molar-refractivity contribution in [3.05, 3.63) is 40.4 Å². The first kappa shape index (κ1) is 17.0. The van der Waals surface area contributed by atoms with Gasteiger partial charge in [-0.3, -0.25) is 9.59 Å². The molecule has 0 saturated carbocycles. The Labute approximate surface area is 133 Å². The number of carbonyl (C=O) groups excluding carboxylic acids is 2. The molecule has 0 radical (unpaired) electrons. The predicted molar refractivity (Wildman–Crippen MR) is 81.4 cm³/mol. The molecule has 1 aromatic heterocycles. The first-order valence-electron chi connectivity index (χ1n) is 7.03. The lowest BCUT2D eigenvalue weighted by atomic mass is 9.95. The van der Waals surface area contributed by atoms with Gasteiger partial charge >= 0.3 is 5.97 Å². The van der Waals surface area contributed by atoms with Crippen LogP contribution in [0.3, 0.4) is 0 Å². The van der Waals surface area contributed by atoms with E-state index in [1.807, 2.05) is 0 Å². The normalized spacial score (nSPS) is 17.2. The summed E-state index contributed by atoms with van der Waals surface area (Å²) >= 11 is 0. The summed E-state index contributed by atoms with van der Waals surface area (Å²) < 4.78 is 11.7. The van der Waals surface area contributed by atoms with Crippen LogP contribution in [0, 0.1) is 0 Å². The highest BCUT2D eigenvalue weighted by Gasteiger charge is 2.34. The summed E-state index contributed by atoms with van der Waals surface area (Å²) in [5.74, 6) is -0.822. The van der Waals surface area contributed by atoms with E-state index in [1.54, 1.807) is 17.7 Å². The molecule has 2 N–H and O–H groups in total. The van der Waals surface area contributed by atoms with Gasteiger partial charge in [0.1, 0.15) is 12.7 Å². The second kappa shape index (κ2) is 6.80. The van der Waals surface area contributed by atoms with Gasteiger partial charge in [-0.15, -0.1) is 0 Å². The van der Waals surface area contributed by atoms with E-state index >= 15 is 0 Å². The van der Waals surface area contributed by atoms with Crippen LogP contribution in [0.25, 0.3) is 6.08 Å². The molecule has 23 heavy (non-hydrogen) atoms. The molecule has 0 amide bonds. The molecule has 124 valence electrons. The summed E-state index contributed by atoms with van der Waals surface area (Å²) in [7, 11) is 3.04. The molecule has 0 aromatic carbocycles. The van der Waals surface area contributed by atoms with E-state index in [9.17, 15) is 14.7 Å². The Morgan fingerprint density at radius 3 is 2.74 bits per heavy atom. The Bertz CT molecular complexity index is 698. The van der Waals surface area contributed by atoms with Gasteiger partial charge in [0.05, 0.1) is 25.0 Å². The Hall–Kier alpha value is -2.38. The third-order valence-corrected chi connectivity index (χ3v) is 3.65. The zero-order valence-electron chi connectivity index (χ0n) is 13.2. The second-order valence-corrected chi connectivity index (χ2v) is 5.06. The fourth-order valence-electron chi connectivity index (χ4n) is 2.66. The van der Waals surface area contributed by atoms with Crippen LogP contribution in [0.4, 0.5) is 0 Å². The summed E-state index contributed by atoms with van der Waals surface area (Å²) in [5.41, 5.74) is 1.70. The molecule has 0 spiro atoms. The minimum Gasteiger partial charge on any atom is -0.493 e. The van der Waals surface area contributed by atoms with Gasteiger partial charge in [-0.25, -0.2) is 0 Å². The highest BCUT2D eigenvalue weighted by Crippen LogP contribution is 2.35. The minimum atomic E-state index is -1.02. The van der Waals surface area contributed by atoms with E-state index in [-0.39, 0.29) is 30.3 Å². The topological polar surface area (TPSA) is 98.0 Å². The maximum Gasteiger partial charge on any atom is 0.302 e. The third kappa shape index (κ3) is 3.06. The molecule has 0 saturated heterocycles. The summed E-state index contributed by atoms with van der Waals surface area (Å²) in [6.45, 7) is 0.982. The number of methoxy groups -OCH3 is 1. The Morgan fingerprint density at radius 2 is 2.17 bits per heavy atom. The molecule has 1 aromatic rings. The van der Waals surface area contributed by atoms with Gasteiger partial charge in [-0.2, -0.15) is 0 Å². The third-order valence-electron chi connectivity index (χ3n) is 3.65. The van der Waals surface area contributed by atoms with Crippen LogP contribution in [-0.4, -0.2) is 40.2 Å². The fraction of sp³-hybridized carbons (Fsp3) is 0.375. The molecule has 0 bridgehead atoms. The molecule has 2 rings (SSSR count). The van der Waals surface area contributed by atoms with Crippen LogP contribution < -0.4 is 0 Å². The molecule has 1 atom stereocenters. The number of aliphatic hydroxyl groups excluding tert-OH is 2. The number of ketones is 1. The van der Waals surface area contributed by atoms with Crippen LogP contribution in [-0.2, 0) is 27.9 Å². The lowest BCUT2D eigenvalue weighted by Gasteiger charge is -2.18. The highest BCUT2D eigenvalue weighted by atomic mass is 16.5. The van der Waals surface area contributed by atoms with Gasteiger partial charge < -0.3 is 24.3 Å². The van der Waals surface area contributed by atoms with E-state index in [1.165, 1.54) is 26.2 Å². The molecule has 1 unspecified atom stereocenters. The molecule has 0 fully saturated rings. The summed E-state index contributed by atoms with van der Waals surface area (Å²) in [6, 6.07) is 0. The van der Waals surface area contributed by atoms with Crippen LogP contribution in [0.1, 0.15) is 40.3 Å². The molecule has 1 heterocycles. The number of nitrogens with zero attached hydrogens (tertiary/aromatic N) is 1. The predicted octanol–water partition coefficient (Wildman–Crippen LogP) is 0.854. The van der Waals surface area contributed by atoms with Crippen molar-refractivity contribution in [2.75, 3.05) is 13.7 Å². The average Bonchev–Trinajstić information content (AvgIpc) is 2.79. The maximum absolute atomic E-state index is 12.6. The minimum absolute atomic E-state index is 0.0392. The molecule has 7 heteroatoms. The maximum atomic E-state index is 12.6. The van der Waals surface area contributed by atoms with E-state index in [0.717, 1.165) is 0 Å². The smallest absolute Gasteiger partial charge is 0.302 e. The van der Waals surface area contributed by atoms with Crippen molar-refractivity contribution in [1.29, 1.82) is 0 Å². The average molecular weight is 321 g/mol. The van der Waals surface area contributed by atoms with E-state index in [2.05, 4.69) is 0 Å². The number of fused-ring (bicyclic) bond motifs is 1. The standard InChI is InChI=1S/C16H19NO6/c1-9(19)23-8-10-11(5-4-6-18)17(2)15-12(20)7-13(22-3)16(21)14(10)15/h4-5,7,12,18,20H,6,8H2,1-3H3/b5-4+. The van der Waals surface area contributed by atoms with Gasteiger partial charge in [-0.1, -0.05) is 6.08 Å². The van der Waals surface area contributed by atoms with Crippen LogP contribution in [0.2, 0.25) is 0 Å². The lowest BCUT2D eigenvalue weighted by molar-refractivity contribution is -0.142. The van der Waals surface area contributed by atoms with Crippen molar-refractivity contribution < 1.29 is 29.3 Å². The number of hydrogen-bond acceptors (Lipinski definition) is 6. The van der Waals surface area contributed by atoms with E-state index in [0.29, 0.717) is 17.0 Å². The van der Waals surface area contributed by atoms with Gasteiger partial charge in [0.15, 0.2) is 5.76 Å². The Kier molecular flexibility index (Phi) is 5.02. The molecule has 1 aliphatic carbocycles. The largest absolute Gasteiger partial charge is 0.493 e. The van der Waals surface area contributed by atoms with Gasteiger partial charge in [0.25, 0.3) is 0 Å². The number of allylic oxidation sites excluding steroid dienone is 1. The lowest BCUT2D eigenvalue weighted by Crippen LogP contribution is -2.19. The molecule has 1 aliphatic rings. The fourth-order valence-corrected chi connectivity index (χ4v) is 2.66. The van der Waals surface area contributed by atoms with Crippen molar-refractivity contribution in [3.8, 4) is 0 Å². The number of carbonyl (C=O) groups is 2. The zero-order chi connectivity index (χ0) is 17.1. The molecular formula is C16H19NO6. The van der Waals surface area contributed by atoms with Crippen molar-refractivity contribution in [2.45, 2.75) is 19.6 Å². The van der Waals surface area contributed by atoms with Crippen LogP contribution in [0.5, 0.6) is 0 Å². The second-order valence-electron chi connectivity index (χ2n) is 5.06. The molecule has 0 aliphatic heterocycles. The van der Waals surface area contributed by atoms with Crippen LogP contribution >= 0.6 is 0 Å². The number of esters is 1. The SMILES string of the molecule is COC1=CC(O)c2c(c(COC(C)=O)c(/C=C/CO)n2C)C1=O. The number of aromatic nitrogens is 1. The molecular weight excluding hydrogens is 302 g/mol. The number of Topliss-reactive ketones (excluding diaryl/α,β-unsaturated/α-hetero) is 1. The summed E-state index contributed by atoms with van der Waals surface area (Å²) in [4.78, 5) is 23.7. The number of rotatable bonds is 5. The zero-order valence-corrected chi connectivity index (χ0v) is 13.2. The van der Waals surface area contributed by atoms with Crippen molar-refractivity contribution in [1.82, 2.24) is 4.57 Å². The van der Waals surface area contributed by atoms with Crippen molar-refractivity contribution in [3.63, 3.8) is 0 Å². The molecule has 7 nitrogen and oxygen atoms in total. The van der Waals surface area contributed by atoms with Gasteiger partial charge in [0.2, 0.25) is 5.78 Å². The number of hydrogen-bond donors (Lipinski definition) is 2. The number of ether oxygens (including phenoxy) is 2. The van der Waals surface area contributed by atoms with E-state index < -0.39 is 12.1 Å². The van der Waals surface area contributed by atoms with Crippen molar-refractivity contribution >= 4 is 17.8 Å². The van der Waals surface area contributed by atoms with Crippen LogP contribution in [0.15, 0.2) is 17.9 Å². The van der Waals surface area contributed by atoms with Gasteiger partial charge in [0, 0.05) is 25.2 Å².